The van der Waals surface area contributed by atoms with E-state index in [1.165, 1.54) is 51.4 Å². The fourth-order valence-electron chi connectivity index (χ4n) is 3.72. The molecule has 0 atom stereocenters. The van der Waals surface area contributed by atoms with Gasteiger partial charge in [0.1, 0.15) is 0 Å². The van der Waals surface area contributed by atoms with E-state index in [9.17, 15) is 0 Å². The highest BCUT2D eigenvalue weighted by molar-refractivity contribution is 4.92. The molecular formula is C19H37NO. The van der Waals surface area contributed by atoms with Crippen molar-refractivity contribution in [1.82, 2.24) is 5.32 Å². The predicted molar refractivity (Wildman–Crippen MR) is 90.6 cm³/mol. The fraction of sp³-hybridized carbons (Fsp3) is 1.00. The van der Waals surface area contributed by atoms with Gasteiger partial charge in [0.25, 0.3) is 0 Å². The van der Waals surface area contributed by atoms with E-state index in [0.29, 0.717) is 5.41 Å². The van der Waals surface area contributed by atoms with Crippen LogP contribution in [-0.2, 0) is 4.74 Å². The lowest BCUT2D eigenvalue weighted by Crippen LogP contribution is -2.47. The van der Waals surface area contributed by atoms with Crippen LogP contribution in [0.15, 0.2) is 0 Å². The van der Waals surface area contributed by atoms with Crippen LogP contribution in [0.25, 0.3) is 0 Å². The van der Waals surface area contributed by atoms with E-state index in [1.807, 2.05) is 0 Å². The van der Waals surface area contributed by atoms with Crippen LogP contribution < -0.4 is 5.32 Å². The third-order valence-corrected chi connectivity index (χ3v) is 5.63. The van der Waals surface area contributed by atoms with Crippen molar-refractivity contribution >= 4 is 0 Å². The molecular weight excluding hydrogens is 258 g/mol. The topological polar surface area (TPSA) is 21.3 Å². The average Bonchev–Trinajstić information content (AvgIpc) is 3.23. The molecule has 0 amide bonds. The molecule has 0 heterocycles. The highest BCUT2D eigenvalue weighted by Gasteiger charge is 2.39. The minimum Gasteiger partial charge on any atom is -0.374 e. The minimum atomic E-state index is 0.131. The molecule has 0 aliphatic heterocycles. The molecule has 0 spiro atoms. The zero-order chi connectivity index (χ0) is 15.3. The molecule has 0 aromatic carbocycles. The summed E-state index contributed by atoms with van der Waals surface area (Å²) in [6, 6.07) is 0. The summed E-state index contributed by atoms with van der Waals surface area (Å²) in [6.45, 7) is 12.6. The zero-order valence-corrected chi connectivity index (χ0v) is 14.8. The van der Waals surface area contributed by atoms with E-state index in [-0.39, 0.29) is 5.60 Å². The van der Waals surface area contributed by atoms with Crippen LogP contribution in [0.4, 0.5) is 0 Å². The second-order valence-electron chi connectivity index (χ2n) is 8.58. The zero-order valence-electron chi connectivity index (χ0n) is 14.8. The third kappa shape index (κ3) is 5.56. The van der Waals surface area contributed by atoms with Gasteiger partial charge in [-0.1, -0.05) is 40.5 Å². The van der Waals surface area contributed by atoms with Gasteiger partial charge >= 0.3 is 0 Å². The van der Waals surface area contributed by atoms with Gasteiger partial charge in [-0.05, 0) is 62.3 Å². The van der Waals surface area contributed by atoms with Gasteiger partial charge in [0.15, 0.2) is 0 Å². The van der Waals surface area contributed by atoms with Crippen molar-refractivity contribution in [2.75, 3.05) is 19.7 Å². The van der Waals surface area contributed by atoms with E-state index in [4.69, 9.17) is 4.74 Å². The molecule has 2 aliphatic carbocycles. The first-order valence-electron chi connectivity index (χ1n) is 9.30. The first-order chi connectivity index (χ1) is 9.95. The summed E-state index contributed by atoms with van der Waals surface area (Å²) in [6.07, 6.45) is 10.5. The van der Waals surface area contributed by atoms with Gasteiger partial charge in [0.05, 0.1) is 5.60 Å². The Morgan fingerprint density at radius 2 is 1.76 bits per heavy atom. The van der Waals surface area contributed by atoms with Crippen LogP contribution in [0.5, 0.6) is 0 Å². The maximum absolute atomic E-state index is 6.47. The van der Waals surface area contributed by atoms with E-state index >= 15 is 0 Å². The molecule has 2 rings (SSSR count). The summed E-state index contributed by atoms with van der Waals surface area (Å²) >= 11 is 0. The smallest absolute Gasteiger partial charge is 0.0806 e. The molecule has 124 valence electrons. The van der Waals surface area contributed by atoms with Crippen molar-refractivity contribution in [1.29, 1.82) is 0 Å². The summed E-state index contributed by atoms with van der Waals surface area (Å²) < 4.78 is 6.47. The van der Waals surface area contributed by atoms with Gasteiger partial charge in [-0.2, -0.15) is 0 Å². The molecule has 0 bridgehead atoms. The maximum Gasteiger partial charge on any atom is 0.0806 e. The van der Waals surface area contributed by atoms with Crippen molar-refractivity contribution in [2.45, 2.75) is 84.7 Å². The Bertz CT molecular complexity index is 295. The fourth-order valence-corrected chi connectivity index (χ4v) is 3.72. The van der Waals surface area contributed by atoms with E-state index in [1.54, 1.807) is 0 Å². The Kier molecular flexibility index (Phi) is 6.14. The lowest BCUT2D eigenvalue weighted by molar-refractivity contribution is -0.0859. The SMILES string of the molecule is CCCNCC1(OCCC2CC2)CCC(C(C)(C)C)CC1. The Balaban J connectivity index is 1.83. The molecule has 2 heteroatoms. The lowest BCUT2D eigenvalue weighted by Gasteiger charge is -2.44. The monoisotopic (exact) mass is 295 g/mol. The minimum absolute atomic E-state index is 0.131. The Morgan fingerprint density at radius 1 is 1.10 bits per heavy atom. The number of ether oxygens (including phenoxy) is 1. The second-order valence-corrected chi connectivity index (χ2v) is 8.58. The van der Waals surface area contributed by atoms with Gasteiger partial charge < -0.3 is 10.1 Å². The molecule has 0 radical (unpaired) electrons. The average molecular weight is 296 g/mol. The number of rotatable bonds is 8. The molecule has 2 saturated carbocycles. The number of hydrogen-bond acceptors (Lipinski definition) is 2. The number of hydrogen-bond donors (Lipinski definition) is 1. The Hall–Kier alpha value is -0.0800. The number of nitrogens with one attached hydrogen (secondary N) is 1. The first kappa shape index (κ1) is 17.3. The molecule has 2 aliphatic rings. The molecule has 2 fully saturated rings. The molecule has 0 saturated heterocycles. The summed E-state index contributed by atoms with van der Waals surface area (Å²) in [5.41, 5.74) is 0.586. The summed E-state index contributed by atoms with van der Waals surface area (Å²) in [7, 11) is 0. The molecule has 2 nitrogen and oxygen atoms in total. The highest BCUT2D eigenvalue weighted by Crippen LogP contribution is 2.43. The Labute approximate surface area is 132 Å². The standard InChI is InChI=1S/C19H37NO/c1-5-13-20-15-19(21-14-10-16-6-7-16)11-8-17(9-12-19)18(2,3)4/h16-17,20H,5-15H2,1-4H3. The molecule has 0 unspecified atom stereocenters. The quantitative estimate of drug-likeness (QED) is 0.651. The van der Waals surface area contributed by atoms with Crippen LogP contribution in [-0.4, -0.2) is 25.3 Å². The van der Waals surface area contributed by atoms with Crippen molar-refractivity contribution < 1.29 is 4.74 Å². The van der Waals surface area contributed by atoms with Gasteiger partial charge in [-0.15, -0.1) is 0 Å². The van der Waals surface area contributed by atoms with Gasteiger partial charge in [0.2, 0.25) is 0 Å². The third-order valence-electron chi connectivity index (χ3n) is 5.63. The predicted octanol–water partition coefficient (Wildman–Crippen LogP) is 4.78. The lowest BCUT2D eigenvalue weighted by atomic mass is 9.68. The van der Waals surface area contributed by atoms with Crippen molar-refractivity contribution in [2.24, 2.45) is 17.3 Å². The van der Waals surface area contributed by atoms with Gasteiger partial charge in [-0.3, -0.25) is 0 Å². The van der Waals surface area contributed by atoms with E-state index < -0.39 is 0 Å². The summed E-state index contributed by atoms with van der Waals surface area (Å²) in [5.74, 6) is 1.85. The highest BCUT2D eigenvalue weighted by atomic mass is 16.5. The van der Waals surface area contributed by atoms with Crippen LogP contribution in [0.2, 0.25) is 0 Å². The van der Waals surface area contributed by atoms with E-state index in [2.05, 4.69) is 33.0 Å². The molecule has 0 aromatic rings. The second kappa shape index (κ2) is 7.46. The van der Waals surface area contributed by atoms with Gasteiger partial charge in [-0.25, -0.2) is 0 Å². The Morgan fingerprint density at radius 3 is 2.29 bits per heavy atom. The first-order valence-corrected chi connectivity index (χ1v) is 9.30. The van der Waals surface area contributed by atoms with Crippen molar-refractivity contribution in [3.05, 3.63) is 0 Å². The van der Waals surface area contributed by atoms with Crippen LogP contribution >= 0.6 is 0 Å². The van der Waals surface area contributed by atoms with Gasteiger partial charge in [0, 0.05) is 13.2 Å². The van der Waals surface area contributed by atoms with Crippen LogP contribution in [0.3, 0.4) is 0 Å². The molecule has 1 N–H and O–H groups in total. The maximum atomic E-state index is 6.47. The molecule has 21 heavy (non-hydrogen) atoms. The van der Waals surface area contributed by atoms with Crippen LogP contribution in [0.1, 0.15) is 79.1 Å². The largest absolute Gasteiger partial charge is 0.374 e. The summed E-state index contributed by atoms with van der Waals surface area (Å²) in [5, 5.41) is 3.63. The van der Waals surface area contributed by atoms with Crippen molar-refractivity contribution in [3.8, 4) is 0 Å². The van der Waals surface area contributed by atoms with E-state index in [0.717, 1.165) is 31.5 Å². The summed E-state index contributed by atoms with van der Waals surface area (Å²) in [4.78, 5) is 0. The molecule has 0 aromatic heterocycles. The van der Waals surface area contributed by atoms with Crippen LogP contribution in [0, 0.1) is 17.3 Å². The van der Waals surface area contributed by atoms with Crippen molar-refractivity contribution in [3.63, 3.8) is 0 Å². The normalized spacial score (nSPS) is 30.6.